The number of pyridine rings is 13. The Hall–Kier alpha value is -17.0. The third kappa shape index (κ3) is 18.3. The lowest BCUT2D eigenvalue weighted by molar-refractivity contribution is 0.398. The molecule has 0 spiro atoms. The van der Waals surface area contributed by atoms with Crippen molar-refractivity contribution in [3.05, 3.63) is 451 Å². The Kier molecular flexibility index (Phi) is 25.7. The number of ether oxygens (including phenoxy) is 1. The first-order valence-electron chi connectivity index (χ1n) is 44.8. The van der Waals surface area contributed by atoms with Gasteiger partial charge in [-0.15, -0.1) is 0 Å². The number of aromatic nitrogens is 15. The predicted molar refractivity (Wildman–Crippen MR) is 551 cm³/mol. The first kappa shape index (κ1) is 89.2. The van der Waals surface area contributed by atoms with Gasteiger partial charge in [-0.1, -0.05) is 164 Å². The highest BCUT2D eigenvalue weighted by atomic mass is 35.5. The molecule has 137 heavy (non-hydrogen) atoms. The molecule has 14 heterocycles. The van der Waals surface area contributed by atoms with Crippen molar-refractivity contribution < 1.29 is 4.74 Å². The lowest BCUT2D eigenvalue weighted by atomic mass is 9.94. The fourth-order valence-corrected chi connectivity index (χ4v) is 18.4. The van der Waals surface area contributed by atoms with E-state index in [0.717, 1.165) is 162 Å². The fourth-order valence-electron chi connectivity index (χ4n) is 17.8. The Morgan fingerprint density at radius 1 is 0.336 bits per heavy atom. The third-order valence-electron chi connectivity index (χ3n) is 24.3. The summed E-state index contributed by atoms with van der Waals surface area (Å²) in [7, 11) is 3.46. The number of fused-ring (bicyclic) bond motifs is 8. The van der Waals surface area contributed by atoms with Crippen LogP contribution in [-0.4, -0.2) is 80.0 Å². The number of halogens is 2. The minimum atomic E-state index is -0.197. The summed E-state index contributed by atoms with van der Waals surface area (Å²) in [6, 6.07) is 94.5. The highest BCUT2D eigenvalue weighted by Crippen LogP contribution is 2.38. The molecule has 672 valence electrons. The van der Waals surface area contributed by atoms with Gasteiger partial charge in [-0.3, -0.25) is 82.0 Å². The normalized spacial score (nSPS) is 12.2. The molecule has 0 radical (unpaired) electrons. The van der Waals surface area contributed by atoms with Gasteiger partial charge in [-0.25, -0.2) is 4.98 Å². The number of methoxy groups -OCH3 is 1. The number of hydrogen-bond acceptors (Lipinski definition) is 18. The summed E-state index contributed by atoms with van der Waals surface area (Å²) in [5.74, 6) is 0.530. The minimum absolute atomic E-state index is 0.00118. The first-order chi connectivity index (χ1) is 66.9. The van der Waals surface area contributed by atoms with E-state index in [1.165, 1.54) is 0 Å². The smallest absolute Gasteiger partial charge is 0.264 e. The molecule has 0 fully saturated rings. The molecule has 0 unspecified atom stereocenters. The number of aryl methyl sites for hydroxylation is 2. The predicted octanol–water partition coefficient (Wildman–Crippen LogP) is 23.7. The van der Waals surface area contributed by atoms with Gasteiger partial charge < -0.3 is 20.7 Å². The topological polar surface area (TPSA) is 267 Å². The zero-order valence-corrected chi connectivity index (χ0v) is 77.2. The first-order valence-corrected chi connectivity index (χ1v) is 45.5. The number of para-hydroxylation sites is 3. The number of rotatable bonds is 19. The van der Waals surface area contributed by atoms with Crippen LogP contribution in [0.25, 0.3) is 132 Å². The molecule has 22 rings (SSSR count). The van der Waals surface area contributed by atoms with E-state index < -0.39 is 0 Å². The van der Waals surface area contributed by atoms with Crippen molar-refractivity contribution in [1.82, 2.24) is 72.9 Å². The van der Waals surface area contributed by atoms with Crippen LogP contribution in [0.5, 0.6) is 5.88 Å². The van der Waals surface area contributed by atoms with Crippen molar-refractivity contribution in [3.8, 4) is 50.9 Å². The quantitative estimate of drug-likeness (QED) is 0.0679. The second-order valence-corrected chi connectivity index (χ2v) is 34.2. The Balaban J connectivity index is 0.000000117. The lowest BCUT2D eigenvalue weighted by Crippen LogP contribution is -2.26. The molecule has 23 nitrogen and oxygen atoms in total. The van der Waals surface area contributed by atoms with Gasteiger partial charge in [-0.05, 0) is 230 Å². The van der Waals surface area contributed by atoms with Gasteiger partial charge in [-0.2, -0.15) is 5.10 Å². The molecule has 0 aliphatic carbocycles. The molecule has 0 aliphatic heterocycles. The molecule has 3 N–H and O–H groups in total. The molecule has 0 bridgehead atoms. The van der Waals surface area contributed by atoms with E-state index in [1.807, 2.05) is 318 Å². The molecule has 8 aromatic carbocycles. The third-order valence-corrected chi connectivity index (χ3v) is 24.9. The van der Waals surface area contributed by atoms with Crippen LogP contribution in [0.15, 0.2) is 385 Å². The van der Waals surface area contributed by atoms with E-state index in [1.54, 1.807) is 93.4 Å². The van der Waals surface area contributed by atoms with E-state index in [2.05, 4.69) is 91.9 Å². The molecule has 14 aromatic heterocycles. The molecule has 0 saturated heterocycles. The van der Waals surface area contributed by atoms with Crippen molar-refractivity contribution in [2.75, 3.05) is 23.1 Å². The van der Waals surface area contributed by atoms with Crippen LogP contribution >= 0.6 is 23.2 Å². The molecule has 0 saturated carbocycles. The van der Waals surface area contributed by atoms with Crippen LogP contribution in [0, 0.1) is 6.92 Å². The Bertz CT molecular complexity index is 8540. The fraction of sp³-hybridized carbons (Fsp3) is 0.107. The average Bonchev–Trinajstić information content (AvgIpc) is 0.990. The van der Waals surface area contributed by atoms with Gasteiger partial charge in [0.15, 0.2) is 0 Å². The number of hydrogen-bond donors (Lipinski definition) is 3. The molecular weight excluding hydrogens is 1750 g/mol. The second kappa shape index (κ2) is 39.4. The van der Waals surface area contributed by atoms with Crippen LogP contribution in [-0.2, 0) is 13.5 Å². The van der Waals surface area contributed by atoms with E-state index in [9.17, 15) is 19.2 Å². The molecule has 25 heteroatoms. The average molecular weight is 1840 g/mol. The van der Waals surface area contributed by atoms with Crippen LogP contribution in [0.2, 0.25) is 10.0 Å². The van der Waals surface area contributed by atoms with Crippen LogP contribution < -0.4 is 42.9 Å². The van der Waals surface area contributed by atoms with Gasteiger partial charge in [0, 0.05) is 143 Å². The van der Waals surface area contributed by atoms with E-state index >= 15 is 0 Å². The van der Waals surface area contributed by atoms with Crippen molar-refractivity contribution in [2.45, 2.75) is 65.1 Å². The lowest BCUT2D eigenvalue weighted by Gasteiger charge is -2.22. The molecule has 4 atom stereocenters. The molecule has 0 aliphatic rings. The second-order valence-electron chi connectivity index (χ2n) is 33.3. The number of nitrogens with zero attached hydrogens (tertiary/aromatic N) is 15. The van der Waals surface area contributed by atoms with Gasteiger partial charge >= 0.3 is 0 Å². The van der Waals surface area contributed by atoms with Crippen LogP contribution in [0.4, 0.5) is 17.1 Å². The van der Waals surface area contributed by atoms with Crippen molar-refractivity contribution >= 4 is 127 Å². The summed E-state index contributed by atoms with van der Waals surface area (Å²) in [6.07, 6.45) is 20.3. The molecule has 0 amide bonds. The summed E-state index contributed by atoms with van der Waals surface area (Å²) >= 11 is 12.8. The Morgan fingerprint density at radius 2 is 0.723 bits per heavy atom. The van der Waals surface area contributed by atoms with E-state index in [0.29, 0.717) is 43.9 Å². The summed E-state index contributed by atoms with van der Waals surface area (Å²) < 4.78 is 14.1. The van der Waals surface area contributed by atoms with E-state index in [4.69, 9.17) is 27.9 Å². The maximum absolute atomic E-state index is 14.3. The van der Waals surface area contributed by atoms with Gasteiger partial charge in [0.25, 0.3) is 22.2 Å². The van der Waals surface area contributed by atoms with Crippen LogP contribution in [0.1, 0.15) is 85.8 Å². The minimum Gasteiger partial charge on any atom is -0.481 e. The Labute approximate surface area is 796 Å². The molecule has 22 aromatic rings. The van der Waals surface area contributed by atoms with Crippen molar-refractivity contribution in [1.29, 1.82) is 0 Å². The number of benzene rings is 8. The maximum Gasteiger partial charge on any atom is 0.264 e. The highest BCUT2D eigenvalue weighted by Gasteiger charge is 2.26. The summed E-state index contributed by atoms with van der Waals surface area (Å²) in [6.45, 7) is 10.3. The summed E-state index contributed by atoms with van der Waals surface area (Å²) in [5, 5.41) is 22.7. The zero-order valence-electron chi connectivity index (χ0n) is 75.7. The van der Waals surface area contributed by atoms with Crippen molar-refractivity contribution in [2.24, 2.45) is 7.05 Å². The van der Waals surface area contributed by atoms with Crippen molar-refractivity contribution in [3.63, 3.8) is 0 Å². The summed E-state index contributed by atoms with van der Waals surface area (Å²) in [5.41, 5.74) is 20.0. The molecular formula is C112H90Cl2N18O5. The largest absolute Gasteiger partial charge is 0.481 e. The summed E-state index contributed by atoms with van der Waals surface area (Å²) in [4.78, 5) is 96.1. The van der Waals surface area contributed by atoms with Crippen LogP contribution in [0.3, 0.4) is 0 Å². The Morgan fingerprint density at radius 3 is 1.16 bits per heavy atom. The van der Waals surface area contributed by atoms with E-state index in [-0.39, 0.29) is 46.3 Å². The maximum atomic E-state index is 14.3. The number of nitrogens with one attached hydrogen (secondary N) is 3. The SMILES string of the molecule is COc1ccc(-c2cccc3cc([C@H](C)Cc4nccc5cccnc45)n(-c4ccccc4)c(=O)c23)cn1.C[C@H](Nc1ccnc2cccnc12)c1cc2cccc(-c3cnn(C)c3)c2c(=O)n1-c1ccccc1.C[C@H](Nc1ccnc2cccnc12)c1cc2cccc(Cl)c2c(=O)n1-c1ccccc1.Cc1cccc(-n2c([C@H](C)Nc3ccnc4cccnc34)cc3cccc(Cl)c3c2=O)c1. The van der Waals surface area contributed by atoms with Gasteiger partial charge in [0.2, 0.25) is 5.88 Å². The monoisotopic (exact) mass is 1840 g/mol. The highest BCUT2D eigenvalue weighted by molar-refractivity contribution is 6.36. The van der Waals surface area contributed by atoms with Gasteiger partial charge in [0.05, 0.1) is 108 Å². The zero-order chi connectivity index (χ0) is 94.3. The number of anilines is 3. The standard InChI is InChI=1S/C32H26N4O2.C29H24N6O.C26H21ClN4O.C25H19ClN4O/c1-21(18-27-31-22(15-17-33-27)9-7-16-34-31)28-19-23-8-6-12-26(24-13-14-29(38-2)35-20-24)30(23)32(37)36(28)25-10-4-3-5-11-25;1-19(33-25-13-15-30-24-12-7-14-31-28(24)25)26-16-20-8-6-11-23(21-17-32-34(2)18-21)27(20)29(36)35(26)22-9-4-3-5-10-22;1-16-6-3-8-19(14-16)31-23(15-18-7-4-9-20(27)24(18)26(31)32)17(2)30-22-11-13-28-21-10-5-12-29-25(21)22;1-16(29-21-12-14-27-20-11-6-13-28-24(20)21)22-15-17-7-5-10-19(26)23(17)25(31)30(22)18-8-3-2-4-9-18/h3-17,19-21H,18H2,1-2H3;3-19H,1-2H3,(H,30,33);3-15,17H,1-2H3,(H,28,30);2-16H,1H3,(H,27,29)/t21-;19-;17-;16-/m1000/s1. The van der Waals surface area contributed by atoms with Gasteiger partial charge in [0.1, 0.15) is 16.6 Å².